The molecule has 1 aromatic carbocycles. The summed E-state index contributed by atoms with van der Waals surface area (Å²) in [4.78, 5) is 11.4. The molecule has 0 heterocycles. The number of rotatable bonds is 4. The van der Waals surface area contributed by atoms with Gasteiger partial charge in [0.1, 0.15) is 0 Å². The van der Waals surface area contributed by atoms with E-state index in [0.717, 1.165) is 0 Å². The zero-order chi connectivity index (χ0) is 15.7. The summed E-state index contributed by atoms with van der Waals surface area (Å²) in [5, 5.41) is 9.26. The van der Waals surface area contributed by atoms with Crippen LogP contribution in [0.5, 0.6) is 0 Å². The topological polar surface area (TPSA) is 80.7 Å². The minimum atomic E-state index is -3.89. The second-order valence-corrected chi connectivity index (χ2v) is 7.97. The van der Waals surface area contributed by atoms with E-state index in [1.54, 1.807) is 6.92 Å². The van der Waals surface area contributed by atoms with Gasteiger partial charge in [0, 0.05) is 0 Å². The van der Waals surface area contributed by atoms with Crippen LogP contribution < -0.4 is 0 Å². The first-order valence-electron chi connectivity index (χ1n) is 5.82. The molecular formula is C13H17ClO5S. The highest BCUT2D eigenvalue weighted by molar-refractivity contribution is 7.93. The lowest BCUT2D eigenvalue weighted by atomic mass is 10.1. The Kier molecular flexibility index (Phi) is 4.84. The molecule has 0 bridgehead atoms. The number of sulfone groups is 1. The van der Waals surface area contributed by atoms with E-state index in [4.69, 9.17) is 11.6 Å². The third-order valence-corrected chi connectivity index (χ3v) is 6.01. The summed E-state index contributed by atoms with van der Waals surface area (Å²) in [6, 6.07) is 2.59. The minimum Gasteiger partial charge on any atom is -0.465 e. The number of halogens is 1. The summed E-state index contributed by atoms with van der Waals surface area (Å²) in [5.74, 6) is -0.641. The molecule has 0 saturated heterocycles. The third-order valence-electron chi connectivity index (χ3n) is 3.08. The SMILES string of the molecule is COC(=O)c1cc(S(=O)(=O)C(C)(C)CO)c(Cl)cc1C. The van der Waals surface area contributed by atoms with Crippen molar-refractivity contribution in [3.05, 3.63) is 28.3 Å². The molecule has 0 fully saturated rings. The first-order chi connectivity index (χ1) is 9.08. The molecule has 1 aromatic rings. The third kappa shape index (κ3) is 2.82. The van der Waals surface area contributed by atoms with Gasteiger partial charge in [-0.15, -0.1) is 0 Å². The number of carbonyl (C=O) groups excluding carboxylic acids is 1. The van der Waals surface area contributed by atoms with Crippen LogP contribution in [-0.4, -0.2) is 38.0 Å². The zero-order valence-electron chi connectivity index (χ0n) is 11.7. The van der Waals surface area contributed by atoms with E-state index in [9.17, 15) is 18.3 Å². The molecule has 1 rings (SSSR count). The Morgan fingerprint density at radius 2 is 1.95 bits per heavy atom. The fourth-order valence-corrected chi connectivity index (χ4v) is 3.45. The van der Waals surface area contributed by atoms with Gasteiger partial charge < -0.3 is 9.84 Å². The molecule has 1 N–H and O–H groups in total. The number of ether oxygens (including phenoxy) is 1. The molecule has 0 aliphatic heterocycles. The van der Waals surface area contributed by atoms with Crippen molar-refractivity contribution in [2.75, 3.05) is 13.7 Å². The summed E-state index contributed by atoms with van der Waals surface area (Å²) in [5.41, 5.74) is 0.645. The lowest BCUT2D eigenvalue weighted by Crippen LogP contribution is -2.36. The van der Waals surface area contributed by atoms with Crippen molar-refractivity contribution in [3.8, 4) is 0 Å². The smallest absolute Gasteiger partial charge is 0.338 e. The van der Waals surface area contributed by atoms with Crippen molar-refractivity contribution in [2.45, 2.75) is 30.4 Å². The molecule has 0 saturated carbocycles. The predicted octanol–water partition coefficient (Wildman–Crippen LogP) is 1.98. The Hall–Kier alpha value is -1.11. The van der Waals surface area contributed by atoms with Gasteiger partial charge in [-0.3, -0.25) is 0 Å². The average Bonchev–Trinajstić information content (AvgIpc) is 2.37. The van der Waals surface area contributed by atoms with Crippen LogP contribution in [0.1, 0.15) is 29.8 Å². The number of aryl methyl sites for hydroxylation is 1. The molecule has 0 aromatic heterocycles. The van der Waals surface area contributed by atoms with Crippen molar-refractivity contribution in [2.24, 2.45) is 0 Å². The minimum absolute atomic E-state index is 0.0108. The maximum atomic E-state index is 12.5. The molecular weight excluding hydrogens is 304 g/mol. The van der Waals surface area contributed by atoms with E-state index in [-0.39, 0.29) is 15.5 Å². The van der Waals surface area contributed by atoms with E-state index in [1.165, 1.54) is 33.1 Å². The zero-order valence-corrected chi connectivity index (χ0v) is 13.3. The molecule has 5 nitrogen and oxygen atoms in total. The van der Waals surface area contributed by atoms with Crippen LogP contribution in [0.4, 0.5) is 0 Å². The lowest BCUT2D eigenvalue weighted by Gasteiger charge is -2.23. The number of benzene rings is 1. The highest BCUT2D eigenvalue weighted by atomic mass is 35.5. The standard InChI is InChI=1S/C13H17ClO5S/c1-8-5-10(14)11(6-9(8)12(16)19-4)20(17,18)13(2,3)7-15/h5-6,15H,7H2,1-4H3. The molecule has 0 aliphatic carbocycles. The van der Waals surface area contributed by atoms with Gasteiger partial charge in [0.25, 0.3) is 0 Å². The molecule has 0 amide bonds. The average molecular weight is 321 g/mol. The highest BCUT2D eigenvalue weighted by Gasteiger charge is 2.37. The van der Waals surface area contributed by atoms with Gasteiger partial charge in [-0.2, -0.15) is 0 Å². The number of carbonyl (C=O) groups is 1. The molecule has 112 valence electrons. The number of aliphatic hydroxyl groups excluding tert-OH is 1. The lowest BCUT2D eigenvalue weighted by molar-refractivity contribution is 0.0599. The fraction of sp³-hybridized carbons (Fsp3) is 0.462. The van der Waals surface area contributed by atoms with Gasteiger partial charge >= 0.3 is 5.97 Å². The first kappa shape index (κ1) is 16.9. The Morgan fingerprint density at radius 3 is 2.40 bits per heavy atom. The molecule has 0 aliphatic rings. The summed E-state index contributed by atoms with van der Waals surface area (Å²) < 4.78 is 28.2. The van der Waals surface area contributed by atoms with E-state index >= 15 is 0 Å². The van der Waals surface area contributed by atoms with E-state index in [0.29, 0.717) is 5.56 Å². The van der Waals surface area contributed by atoms with Crippen molar-refractivity contribution in [3.63, 3.8) is 0 Å². The Morgan fingerprint density at radius 1 is 1.40 bits per heavy atom. The summed E-state index contributed by atoms with van der Waals surface area (Å²) >= 11 is 5.98. The Bertz CT molecular complexity index is 634. The van der Waals surface area contributed by atoms with Crippen molar-refractivity contribution in [1.29, 1.82) is 0 Å². The fourth-order valence-electron chi connectivity index (χ4n) is 1.57. The predicted molar refractivity (Wildman–Crippen MR) is 75.9 cm³/mol. The van der Waals surface area contributed by atoms with E-state index in [1.807, 2.05) is 0 Å². The quantitative estimate of drug-likeness (QED) is 0.858. The van der Waals surface area contributed by atoms with Crippen LogP contribution in [0.15, 0.2) is 17.0 Å². The van der Waals surface area contributed by atoms with Crippen LogP contribution in [0, 0.1) is 6.92 Å². The van der Waals surface area contributed by atoms with Gasteiger partial charge in [0.15, 0.2) is 9.84 Å². The number of methoxy groups -OCH3 is 1. The summed E-state index contributed by atoms with van der Waals surface area (Å²) in [7, 11) is -2.68. The van der Waals surface area contributed by atoms with Crippen molar-refractivity contribution >= 4 is 27.4 Å². The summed E-state index contributed by atoms with van der Waals surface area (Å²) in [6.07, 6.45) is 0. The molecule has 0 atom stereocenters. The van der Waals surface area contributed by atoms with Crippen LogP contribution in [0.2, 0.25) is 5.02 Å². The number of esters is 1. The number of aliphatic hydroxyl groups is 1. The van der Waals surface area contributed by atoms with Gasteiger partial charge in [-0.25, -0.2) is 13.2 Å². The maximum Gasteiger partial charge on any atom is 0.338 e. The van der Waals surface area contributed by atoms with Gasteiger partial charge in [-0.1, -0.05) is 11.6 Å². The van der Waals surface area contributed by atoms with E-state index in [2.05, 4.69) is 4.74 Å². The normalized spacial score (nSPS) is 12.3. The molecule has 0 spiro atoms. The van der Waals surface area contributed by atoms with Crippen LogP contribution in [0.25, 0.3) is 0 Å². The first-order valence-corrected chi connectivity index (χ1v) is 7.68. The van der Waals surface area contributed by atoms with Crippen LogP contribution >= 0.6 is 11.6 Å². The van der Waals surface area contributed by atoms with Crippen molar-refractivity contribution in [1.82, 2.24) is 0 Å². The van der Waals surface area contributed by atoms with Crippen LogP contribution in [0.3, 0.4) is 0 Å². The van der Waals surface area contributed by atoms with Gasteiger partial charge in [-0.05, 0) is 38.5 Å². The molecule has 0 unspecified atom stereocenters. The Balaban J connectivity index is 3.59. The molecule has 0 radical (unpaired) electrons. The number of hydrogen-bond acceptors (Lipinski definition) is 5. The van der Waals surface area contributed by atoms with E-state index < -0.39 is 27.2 Å². The van der Waals surface area contributed by atoms with Gasteiger partial charge in [0.2, 0.25) is 0 Å². The Labute approximate surface area is 123 Å². The molecule has 7 heteroatoms. The van der Waals surface area contributed by atoms with Crippen LogP contribution in [-0.2, 0) is 14.6 Å². The van der Waals surface area contributed by atoms with Gasteiger partial charge in [0.05, 0.1) is 33.9 Å². The molecule has 20 heavy (non-hydrogen) atoms. The second kappa shape index (κ2) is 5.71. The highest BCUT2D eigenvalue weighted by Crippen LogP contribution is 2.32. The maximum absolute atomic E-state index is 12.5. The van der Waals surface area contributed by atoms with Crippen molar-refractivity contribution < 1.29 is 23.1 Å². The largest absolute Gasteiger partial charge is 0.465 e. The summed E-state index contributed by atoms with van der Waals surface area (Å²) in [6.45, 7) is 3.84. The second-order valence-electron chi connectivity index (χ2n) is 5.01. The number of hydrogen-bond donors (Lipinski definition) is 1. The monoisotopic (exact) mass is 320 g/mol.